The van der Waals surface area contributed by atoms with Gasteiger partial charge in [-0.25, -0.2) is 9.69 Å². The number of H-pyrrole nitrogens is 1. The number of aromatic amines is 1. The Balaban J connectivity index is 1.74. The van der Waals surface area contributed by atoms with Crippen molar-refractivity contribution in [3.05, 3.63) is 65.9 Å². The van der Waals surface area contributed by atoms with E-state index in [1.165, 1.54) is 4.90 Å². The number of hydrogen-bond donors (Lipinski definition) is 3. The van der Waals surface area contributed by atoms with Crippen molar-refractivity contribution in [1.82, 2.24) is 9.88 Å². The SMILES string of the molecule is CC(C)C[C@@H](C(=O)N1c2ccccc2CC1CC(=O)O)N(C(=O)OC(C)(C)C)C(=O)[C@@H](N)Cc1c[nH]c2ccccc12. The van der Waals surface area contributed by atoms with Crippen LogP contribution in [0.25, 0.3) is 10.9 Å². The topological polar surface area (TPSA) is 146 Å². The molecule has 10 nitrogen and oxygen atoms in total. The van der Waals surface area contributed by atoms with Crippen LogP contribution in [0, 0.1) is 5.92 Å². The Hall–Kier alpha value is -4.18. The third kappa shape index (κ3) is 6.82. The van der Waals surface area contributed by atoms with Crippen LogP contribution in [-0.4, -0.2) is 62.6 Å². The Morgan fingerprint density at radius 1 is 1.10 bits per heavy atom. The van der Waals surface area contributed by atoms with Gasteiger partial charge in [-0.3, -0.25) is 14.4 Å². The highest BCUT2D eigenvalue weighted by Crippen LogP contribution is 2.35. The number of carboxylic acid groups (broad SMARTS) is 1. The number of amides is 3. The molecule has 4 rings (SSSR count). The minimum Gasteiger partial charge on any atom is -0.481 e. The highest BCUT2D eigenvalue weighted by atomic mass is 16.6. The molecule has 0 bridgehead atoms. The summed E-state index contributed by atoms with van der Waals surface area (Å²) in [6.45, 7) is 8.81. The van der Waals surface area contributed by atoms with Gasteiger partial charge >= 0.3 is 12.1 Å². The monoisotopic (exact) mass is 576 g/mol. The maximum Gasteiger partial charge on any atom is 0.417 e. The molecular weight excluding hydrogens is 536 g/mol. The minimum atomic E-state index is -1.26. The number of aliphatic carboxylic acids is 1. The number of hydrogen-bond acceptors (Lipinski definition) is 6. The summed E-state index contributed by atoms with van der Waals surface area (Å²) in [7, 11) is 0. The van der Waals surface area contributed by atoms with Gasteiger partial charge in [0.1, 0.15) is 11.6 Å². The summed E-state index contributed by atoms with van der Waals surface area (Å²) in [4.78, 5) is 59.5. The fourth-order valence-corrected chi connectivity index (χ4v) is 5.53. The first-order valence-electron chi connectivity index (χ1n) is 14.3. The predicted octanol–water partition coefficient (Wildman–Crippen LogP) is 4.65. The molecule has 1 unspecified atom stereocenters. The molecule has 1 aliphatic heterocycles. The molecule has 3 aromatic rings. The van der Waals surface area contributed by atoms with Gasteiger partial charge in [-0.15, -0.1) is 0 Å². The van der Waals surface area contributed by atoms with E-state index in [0.29, 0.717) is 12.1 Å². The number of imide groups is 1. The van der Waals surface area contributed by atoms with Crippen molar-refractivity contribution >= 4 is 40.5 Å². The van der Waals surface area contributed by atoms with Gasteiger partial charge in [0.05, 0.1) is 18.5 Å². The average Bonchev–Trinajstić information content (AvgIpc) is 3.47. The Bertz CT molecular complexity index is 1470. The molecule has 0 saturated heterocycles. The number of para-hydroxylation sites is 2. The van der Waals surface area contributed by atoms with E-state index < -0.39 is 47.6 Å². The molecule has 42 heavy (non-hydrogen) atoms. The Labute approximate surface area is 245 Å². The molecule has 1 aliphatic rings. The van der Waals surface area contributed by atoms with Crippen molar-refractivity contribution in [1.29, 1.82) is 0 Å². The van der Waals surface area contributed by atoms with Crippen LogP contribution in [-0.2, 0) is 32.0 Å². The van der Waals surface area contributed by atoms with Crippen LogP contribution < -0.4 is 10.6 Å². The summed E-state index contributed by atoms with van der Waals surface area (Å²) in [5, 5.41) is 10.5. The molecule has 0 aliphatic carbocycles. The molecule has 0 radical (unpaired) electrons. The molecule has 1 aromatic heterocycles. The van der Waals surface area contributed by atoms with Crippen LogP contribution in [0.1, 0.15) is 58.6 Å². The number of fused-ring (bicyclic) bond motifs is 2. The molecule has 3 amide bonds. The highest BCUT2D eigenvalue weighted by molar-refractivity contribution is 6.06. The Morgan fingerprint density at radius 2 is 1.76 bits per heavy atom. The number of nitrogens with zero attached hydrogens (tertiary/aromatic N) is 2. The number of ether oxygens (including phenoxy) is 1. The van der Waals surface area contributed by atoms with E-state index in [-0.39, 0.29) is 25.2 Å². The smallest absolute Gasteiger partial charge is 0.417 e. The second kappa shape index (κ2) is 12.4. The summed E-state index contributed by atoms with van der Waals surface area (Å²) >= 11 is 0. The van der Waals surface area contributed by atoms with Crippen molar-refractivity contribution in [3.8, 4) is 0 Å². The number of nitrogens with two attached hydrogens (primary N) is 1. The molecule has 3 atom stereocenters. The molecule has 10 heteroatoms. The lowest BCUT2D eigenvalue weighted by Gasteiger charge is -2.37. The standard InChI is InChI=1S/C32H40N4O6/c1-19(2)14-27(30(40)35-22(17-28(37)38)15-20-10-6-9-13-26(20)35)36(31(41)42-32(3,4)5)29(39)24(33)16-21-18-34-25-12-8-7-11-23(21)25/h6-13,18-19,22,24,27,34H,14-17,33H2,1-5H3,(H,37,38)/t22?,24-,27-/m0/s1. The largest absolute Gasteiger partial charge is 0.481 e. The molecule has 2 heterocycles. The van der Waals surface area contributed by atoms with E-state index in [1.807, 2.05) is 50.2 Å². The lowest BCUT2D eigenvalue weighted by atomic mass is 9.98. The third-order valence-corrected chi connectivity index (χ3v) is 7.27. The van der Waals surface area contributed by atoms with E-state index in [0.717, 1.165) is 26.9 Å². The van der Waals surface area contributed by atoms with Gasteiger partial charge in [0.2, 0.25) is 5.91 Å². The van der Waals surface area contributed by atoms with Crippen LogP contribution >= 0.6 is 0 Å². The van der Waals surface area contributed by atoms with Gasteiger partial charge in [0.15, 0.2) is 0 Å². The first-order valence-corrected chi connectivity index (χ1v) is 14.3. The lowest BCUT2D eigenvalue weighted by molar-refractivity contribution is -0.141. The maximum absolute atomic E-state index is 14.5. The highest BCUT2D eigenvalue weighted by Gasteiger charge is 2.45. The summed E-state index contributed by atoms with van der Waals surface area (Å²) < 4.78 is 5.65. The van der Waals surface area contributed by atoms with Gasteiger partial charge in [-0.1, -0.05) is 50.2 Å². The van der Waals surface area contributed by atoms with Crippen molar-refractivity contribution in [2.45, 2.75) is 84.0 Å². The van der Waals surface area contributed by atoms with Crippen LogP contribution in [0.5, 0.6) is 0 Å². The zero-order chi connectivity index (χ0) is 30.8. The fraction of sp³-hybridized carbons (Fsp3) is 0.438. The number of carbonyl (C=O) groups is 4. The number of carbonyl (C=O) groups excluding carboxylic acids is 3. The number of anilines is 1. The molecule has 224 valence electrons. The zero-order valence-electron chi connectivity index (χ0n) is 24.8. The summed E-state index contributed by atoms with van der Waals surface area (Å²) in [6, 6.07) is 11.7. The van der Waals surface area contributed by atoms with E-state index in [1.54, 1.807) is 39.1 Å². The van der Waals surface area contributed by atoms with Crippen molar-refractivity contribution in [2.24, 2.45) is 11.7 Å². The van der Waals surface area contributed by atoms with E-state index in [2.05, 4.69) is 4.98 Å². The van der Waals surface area contributed by atoms with E-state index in [9.17, 15) is 24.3 Å². The number of aromatic nitrogens is 1. The average molecular weight is 577 g/mol. The first kappa shape index (κ1) is 30.8. The van der Waals surface area contributed by atoms with Crippen molar-refractivity contribution in [2.75, 3.05) is 4.90 Å². The second-order valence-electron chi connectivity index (χ2n) is 12.3. The predicted molar refractivity (Wildman–Crippen MR) is 160 cm³/mol. The normalized spacial score (nSPS) is 16.3. The van der Waals surface area contributed by atoms with E-state index >= 15 is 0 Å². The van der Waals surface area contributed by atoms with Crippen LogP contribution in [0.4, 0.5) is 10.5 Å². The number of benzene rings is 2. The van der Waals surface area contributed by atoms with Crippen LogP contribution in [0.3, 0.4) is 0 Å². The Kier molecular flexibility index (Phi) is 9.06. The first-order chi connectivity index (χ1) is 19.8. The van der Waals surface area contributed by atoms with Crippen molar-refractivity contribution in [3.63, 3.8) is 0 Å². The summed E-state index contributed by atoms with van der Waals surface area (Å²) in [6.07, 6.45) is 1.15. The second-order valence-corrected chi connectivity index (χ2v) is 12.3. The number of nitrogens with one attached hydrogen (secondary N) is 1. The zero-order valence-corrected chi connectivity index (χ0v) is 24.8. The molecule has 2 aromatic carbocycles. The third-order valence-electron chi connectivity index (χ3n) is 7.27. The van der Waals surface area contributed by atoms with Gasteiger partial charge in [0, 0.05) is 22.8 Å². The van der Waals surface area contributed by atoms with Crippen molar-refractivity contribution < 1.29 is 29.0 Å². The Morgan fingerprint density at radius 3 is 2.43 bits per heavy atom. The van der Waals surface area contributed by atoms with Crippen LogP contribution in [0.15, 0.2) is 54.7 Å². The molecule has 0 spiro atoms. The minimum absolute atomic E-state index is 0.0997. The van der Waals surface area contributed by atoms with Gasteiger partial charge in [0.25, 0.3) is 5.91 Å². The maximum atomic E-state index is 14.5. The fourth-order valence-electron chi connectivity index (χ4n) is 5.53. The molecule has 4 N–H and O–H groups in total. The van der Waals surface area contributed by atoms with E-state index in [4.69, 9.17) is 10.5 Å². The number of carboxylic acids is 1. The van der Waals surface area contributed by atoms with Crippen LogP contribution in [0.2, 0.25) is 0 Å². The van der Waals surface area contributed by atoms with Gasteiger partial charge in [-0.2, -0.15) is 0 Å². The lowest BCUT2D eigenvalue weighted by Crippen LogP contribution is -2.59. The van der Waals surface area contributed by atoms with Gasteiger partial charge in [-0.05, 0) is 69.2 Å². The van der Waals surface area contributed by atoms with Gasteiger partial charge < -0.3 is 25.5 Å². The number of rotatable bonds is 9. The molecule has 0 saturated carbocycles. The quantitative estimate of drug-likeness (QED) is 0.336. The summed E-state index contributed by atoms with van der Waals surface area (Å²) in [5.41, 5.74) is 8.62. The summed E-state index contributed by atoms with van der Waals surface area (Å²) in [5.74, 6) is -2.43. The molecule has 0 fully saturated rings. The molecular formula is C32H40N4O6.